The Hall–Kier alpha value is -2.82. The van der Waals surface area contributed by atoms with Gasteiger partial charge in [-0.25, -0.2) is 4.79 Å². The number of para-hydroxylation sites is 2. The molecule has 5 nitrogen and oxygen atoms in total. The van der Waals surface area contributed by atoms with Gasteiger partial charge in [-0.3, -0.25) is 4.79 Å². The SMILES string of the molecule is C[C@H](C(=O)N1CCC[C@H]1C(=O)O)N(c1ccccc1)c1ccccc1. The number of carboxylic acid groups (broad SMARTS) is 1. The van der Waals surface area contributed by atoms with Gasteiger partial charge in [0.2, 0.25) is 5.91 Å². The summed E-state index contributed by atoms with van der Waals surface area (Å²) in [4.78, 5) is 28.0. The third-order valence-corrected chi connectivity index (χ3v) is 4.63. The number of benzene rings is 2. The molecule has 2 aromatic carbocycles. The van der Waals surface area contributed by atoms with Crippen molar-refractivity contribution >= 4 is 23.3 Å². The molecule has 5 heteroatoms. The third kappa shape index (κ3) is 3.50. The molecular weight excluding hydrogens is 316 g/mol. The average molecular weight is 338 g/mol. The van der Waals surface area contributed by atoms with Crippen LogP contribution in [0.3, 0.4) is 0 Å². The first-order valence-corrected chi connectivity index (χ1v) is 8.52. The molecule has 0 aromatic heterocycles. The smallest absolute Gasteiger partial charge is 0.326 e. The highest BCUT2D eigenvalue weighted by atomic mass is 16.4. The van der Waals surface area contributed by atoms with Gasteiger partial charge in [0.1, 0.15) is 12.1 Å². The van der Waals surface area contributed by atoms with E-state index in [1.807, 2.05) is 72.5 Å². The van der Waals surface area contributed by atoms with Crippen LogP contribution in [0.1, 0.15) is 19.8 Å². The van der Waals surface area contributed by atoms with Gasteiger partial charge >= 0.3 is 5.97 Å². The fraction of sp³-hybridized carbons (Fsp3) is 0.300. The lowest BCUT2D eigenvalue weighted by atomic mass is 10.1. The van der Waals surface area contributed by atoms with E-state index in [2.05, 4.69) is 0 Å². The van der Waals surface area contributed by atoms with Crippen LogP contribution in [-0.4, -0.2) is 40.5 Å². The van der Waals surface area contributed by atoms with E-state index >= 15 is 0 Å². The Labute approximate surface area is 147 Å². The molecule has 1 aliphatic rings. The van der Waals surface area contributed by atoms with Gasteiger partial charge in [0, 0.05) is 17.9 Å². The van der Waals surface area contributed by atoms with E-state index in [1.54, 1.807) is 0 Å². The number of nitrogens with zero attached hydrogens (tertiary/aromatic N) is 2. The number of carbonyl (C=O) groups excluding carboxylic acids is 1. The van der Waals surface area contributed by atoms with Gasteiger partial charge in [-0.1, -0.05) is 36.4 Å². The van der Waals surface area contributed by atoms with E-state index in [0.29, 0.717) is 13.0 Å². The molecule has 1 amide bonds. The van der Waals surface area contributed by atoms with Crippen molar-refractivity contribution in [2.24, 2.45) is 0 Å². The molecule has 3 rings (SSSR count). The van der Waals surface area contributed by atoms with Crippen molar-refractivity contribution in [3.05, 3.63) is 60.7 Å². The molecule has 1 fully saturated rings. The van der Waals surface area contributed by atoms with E-state index < -0.39 is 18.1 Å². The quantitative estimate of drug-likeness (QED) is 0.909. The number of amides is 1. The van der Waals surface area contributed by atoms with Crippen molar-refractivity contribution in [3.8, 4) is 0 Å². The summed E-state index contributed by atoms with van der Waals surface area (Å²) in [6.07, 6.45) is 1.25. The van der Waals surface area contributed by atoms with Gasteiger partial charge in [0.05, 0.1) is 0 Å². The number of hydrogen-bond acceptors (Lipinski definition) is 3. The van der Waals surface area contributed by atoms with Crippen molar-refractivity contribution in [1.82, 2.24) is 4.90 Å². The minimum atomic E-state index is -0.927. The first-order chi connectivity index (χ1) is 12.1. The Morgan fingerprint density at radius 1 is 1.04 bits per heavy atom. The van der Waals surface area contributed by atoms with E-state index in [0.717, 1.165) is 17.8 Å². The van der Waals surface area contributed by atoms with Crippen molar-refractivity contribution < 1.29 is 14.7 Å². The lowest BCUT2D eigenvalue weighted by Crippen LogP contribution is -2.49. The summed E-state index contributed by atoms with van der Waals surface area (Å²) in [5.74, 6) is -1.08. The number of hydrogen-bond donors (Lipinski definition) is 1. The van der Waals surface area contributed by atoms with Crippen LogP contribution in [0, 0.1) is 0 Å². The third-order valence-electron chi connectivity index (χ3n) is 4.63. The number of carbonyl (C=O) groups is 2. The molecule has 0 unspecified atom stereocenters. The molecule has 0 radical (unpaired) electrons. The monoisotopic (exact) mass is 338 g/mol. The zero-order chi connectivity index (χ0) is 17.8. The van der Waals surface area contributed by atoms with Crippen LogP contribution >= 0.6 is 0 Å². The molecule has 2 aromatic rings. The molecular formula is C20H22N2O3. The maximum atomic E-state index is 13.1. The number of rotatable bonds is 5. The second-order valence-corrected chi connectivity index (χ2v) is 6.24. The summed E-state index contributed by atoms with van der Waals surface area (Å²) >= 11 is 0. The fourth-order valence-electron chi connectivity index (χ4n) is 3.41. The second kappa shape index (κ2) is 7.38. The highest BCUT2D eigenvalue weighted by Crippen LogP contribution is 2.29. The molecule has 1 aliphatic heterocycles. The van der Waals surface area contributed by atoms with Crippen molar-refractivity contribution in [2.75, 3.05) is 11.4 Å². The molecule has 130 valence electrons. The number of anilines is 2. The Morgan fingerprint density at radius 3 is 2.04 bits per heavy atom. The number of likely N-dealkylation sites (tertiary alicyclic amines) is 1. The maximum Gasteiger partial charge on any atom is 0.326 e. The molecule has 0 aliphatic carbocycles. The van der Waals surface area contributed by atoms with Crippen LogP contribution in [0.2, 0.25) is 0 Å². The van der Waals surface area contributed by atoms with Crippen molar-refractivity contribution in [3.63, 3.8) is 0 Å². The predicted molar refractivity (Wildman–Crippen MR) is 96.9 cm³/mol. The van der Waals surface area contributed by atoms with Crippen LogP contribution in [0.15, 0.2) is 60.7 Å². The van der Waals surface area contributed by atoms with E-state index in [-0.39, 0.29) is 5.91 Å². The summed E-state index contributed by atoms with van der Waals surface area (Å²) in [6.45, 7) is 2.33. The Kier molecular flexibility index (Phi) is 5.03. The zero-order valence-corrected chi connectivity index (χ0v) is 14.2. The molecule has 1 saturated heterocycles. The summed E-state index contributed by atoms with van der Waals surface area (Å²) < 4.78 is 0. The predicted octanol–water partition coefficient (Wildman–Crippen LogP) is 3.29. The molecule has 0 spiro atoms. The average Bonchev–Trinajstić information content (AvgIpc) is 3.13. The lowest BCUT2D eigenvalue weighted by Gasteiger charge is -2.34. The molecule has 1 N–H and O–H groups in total. The highest BCUT2D eigenvalue weighted by Gasteiger charge is 2.37. The molecule has 1 heterocycles. The van der Waals surface area contributed by atoms with Gasteiger partial charge < -0.3 is 14.9 Å². The summed E-state index contributed by atoms with van der Waals surface area (Å²) in [7, 11) is 0. The van der Waals surface area contributed by atoms with Gasteiger partial charge in [0.15, 0.2) is 0 Å². The number of aliphatic carboxylic acids is 1. The van der Waals surface area contributed by atoms with Crippen molar-refractivity contribution in [1.29, 1.82) is 0 Å². The van der Waals surface area contributed by atoms with Crippen LogP contribution in [0.4, 0.5) is 11.4 Å². The Bertz CT molecular complexity index is 694. The standard InChI is InChI=1S/C20H22N2O3/c1-15(19(23)21-14-8-13-18(21)20(24)25)22(16-9-4-2-5-10-16)17-11-6-3-7-12-17/h2-7,9-12,15,18H,8,13-14H2,1H3,(H,24,25)/t15-,18+/m1/s1. The fourth-order valence-corrected chi connectivity index (χ4v) is 3.41. The summed E-state index contributed by atoms with van der Waals surface area (Å²) in [5.41, 5.74) is 1.81. The van der Waals surface area contributed by atoms with Gasteiger partial charge in [0.25, 0.3) is 0 Å². The molecule has 0 saturated carbocycles. The Morgan fingerprint density at radius 2 is 1.56 bits per heavy atom. The molecule has 0 bridgehead atoms. The van der Waals surface area contributed by atoms with E-state index in [4.69, 9.17) is 0 Å². The number of carboxylic acids is 1. The van der Waals surface area contributed by atoms with E-state index in [9.17, 15) is 14.7 Å². The first-order valence-electron chi connectivity index (χ1n) is 8.52. The van der Waals surface area contributed by atoms with Gasteiger partial charge in [-0.2, -0.15) is 0 Å². The van der Waals surface area contributed by atoms with Crippen molar-refractivity contribution in [2.45, 2.75) is 31.8 Å². The van der Waals surface area contributed by atoms with Gasteiger partial charge in [-0.05, 0) is 44.0 Å². The zero-order valence-electron chi connectivity index (χ0n) is 14.2. The normalized spacial score (nSPS) is 18.0. The molecule has 25 heavy (non-hydrogen) atoms. The summed E-state index contributed by atoms with van der Waals surface area (Å²) in [5, 5.41) is 9.38. The molecule has 2 atom stereocenters. The topological polar surface area (TPSA) is 60.9 Å². The maximum absolute atomic E-state index is 13.1. The Balaban J connectivity index is 1.93. The van der Waals surface area contributed by atoms with Crippen LogP contribution in [-0.2, 0) is 9.59 Å². The first kappa shape index (κ1) is 17.0. The minimum Gasteiger partial charge on any atom is -0.480 e. The van der Waals surface area contributed by atoms with Gasteiger partial charge in [-0.15, -0.1) is 0 Å². The van der Waals surface area contributed by atoms with Crippen LogP contribution in [0.5, 0.6) is 0 Å². The minimum absolute atomic E-state index is 0.155. The van der Waals surface area contributed by atoms with E-state index in [1.165, 1.54) is 4.90 Å². The van der Waals surface area contributed by atoms with Crippen LogP contribution in [0.25, 0.3) is 0 Å². The lowest BCUT2D eigenvalue weighted by molar-refractivity contribution is -0.148. The second-order valence-electron chi connectivity index (χ2n) is 6.24. The van der Waals surface area contributed by atoms with Crippen LogP contribution < -0.4 is 4.90 Å². The highest BCUT2D eigenvalue weighted by molar-refractivity contribution is 5.91. The summed E-state index contributed by atoms with van der Waals surface area (Å²) in [6, 6.07) is 18.2. The largest absolute Gasteiger partial charge is 0.480 e.